The van der Waals surface area contributed by atoms with Gasteiger partial charge in [0.25, 0.3) is 0 Å². The molecule has 1 saturated heterocycles. The molecule has 116 valence electrons. The van der Waals surface area contributed by atoms with E-state index in [-0.39, 0.29) is 12.4 Å². The van der Waals surface area contributed by atoms with Crippen LogP contribution in [0.5, 0.6) is 0 Å². The Morgan fingerprint density at radius 3 is 2.70 bits per heavy atom. The molecule has 0 aromatic heterocycles. The molecule has 1 unspecified atom stereocenters. The lowest BCUT2D eigenvalue weighted by Crippen LogP contribution is -2.43. The molecule has 0 radical (unpaired) electrons. The number of Topliss-reactive ketones (excluding diaryl/α,β-unsaturated/α-hetero) is 1. The molecule has 1 fully saturated rings. The van der Waals surface area contributed by atoms with Crippen LogP contribution in [-0.2, 0) is 14.3 Å². The highest BCUT2D eigenvalue weighted by Crippen LogP contribution is 2.25. The van der Waals surface area contributed by atoms with E-state index in [4.69, 9.17) is 9.84 Å². The predicted octanol–water partition coefficient (Wildman–Crippen LogP) is 1.38. The van der Waals surface area contributed by atoms with Crippen LogP contribution in [0.25, 0.3) is 0 Å². The maximum atomic E-state index is 12.4. The van der Waals surface area contributed by atoms with Gasteiger partial charge < -0.3 is 9.84 Å². The van der Waals surface area contributed by atoms with Gasteiger partial charge in [0.2, 0.25) is 0 Å². The maximum absolute atomic E-state index is 12.4. The fourth-order valence-corrected chi connectivity index (χ4v) is 2.56. The highest BCUT2D eigenvalue weighted by atomic mass is 16.5. The number of carbonyl (C=O) groups is 2. The third kappa shape index (κ3) is 4.28. The molecule has 0 aromatic rings. The quantitative estimate of drug-likeness (QED) is 0.539. The Hall–Kier alpha value is -0.940. The highest BCUT2D eigenvalue weighted by Gasteiger charge is 2.39. The van der Waals surface area contributed by atoms with Crippen molar-refractivity contribution in [2.75, 3.05) is 26.3 Å². The van der Waals surface area contributed by atoms with Gasteiger partial charge >= 0.3 is 5.97 Å². The summed E-state index contributed by atoms with van der Waals surface area (Å²) in [5, 5.41) is 8.91. The predicted molar refractivity (Wildman–Crippen MR) is 76.3 cm³/mol. The first kappa shape index (κ1) is 17.1. The number of ketones is 1. The fraction of sp³-hybridized carbons (Fsp3) is 0.867. The molecule has 1 aliphatic heterocycles. The summed E-state index contributed by atoms with van der Waals surface area (Å²) in [7, 11) is 0. The summed E-state index contributed by atoms with van der Waals surface area (Å²) in [5.41, 5.74) is -1.08. The second-order valence-corrected chi connectivity index (χ2v) is 5.90. The van der Waals surface area contributed by atoms with Crippen LogP contribution in [-0.4, -0.2) is 54.1 Å². The zero-order chi connectivity index (χ0) is 15.2. The average molecular weight is 285 g/mol. The smallest absolute Gasteiger partial charge is 0.319 e. The zero-order valence-electron chi connectivity index (χ0n) is 12.9. The van der Waals surface area contributed by atoms with Crippen LogP contribution in [0.4, 0.5) is 0 Å². The molecule has 1 N–H and O–H groups in total. The van der Waals surface area contributed by atoms with Crippen molar-refractivity contribution < 1.29 is 19.4 Å². The van der Waals surface area contributed by atoms with Gasteiger partial charge in [-0.1, -0.05) is 0 Å². The molecule has 0 saturated carbocycles. The molecule has 1 aliphatic rings. The minimum absolute atomic E-state index is 0.0909. The lowest BCUT2D eigenvalue weighted by Gasteiger charge is -2.28. The zero-order valence-corrected chi connectivity index (χ0v) is 12.9. The van der Waals surface area contributed by atoms with Crippen LogP contribution in [0.3, 0.4) is 0 Å². The summed E-state index contributed by atoms with van der Waals surface area (Å²) in [4.78, 5) is 26.3. The summed E-state index contributed by atoms with van der Waals surface area (Å²) < 4.78 is 4.97. The van der Waals surface area contributed by atoms with Gasteiger partial charge in [-0.2, -0.15) is 0 Å². The Morgan fingerprint density at radius 2 is 2.10 bits per heavy atom. The van der Waals surface area contributed by atoms with Crippen molar-refractivity contribution in [2.24, 2.45) is 5.41 Å². The van der Waals surface area contributed by atoms with Gasteiger partial charge in [-0.15, -0.1) is 0 Å². The number of aliphatic hydroxyl groups excluding tert-OH is 1. The van der Waals surface area contributed by atoms with E-state index in [9.17, 15) is 9.59 Å². The molecule has 1 atom stereocenters. The Bertz CT molecular complexity index is 341. The van der Waals surface area contributed by atoms with Crippen molar-refractivity contribution in [3.05, 3.63) is 0 Å². The van der Waals surface area contributed by atoms with E-state index in [0.29, 0.717) is 19.2 Å². The highest BCUT2D eigenvalue weighted by molar-refractivity contribution is 6.03. The largest absolute Gasteiger partial charge is 0.465 e. The molecule has 0 amide bonds. The molecule has 0 bridgehead atoms. The topological polar surface area (TPSA) is 66.8 Å². The molecule has 1 rings (SSSR count). The Morgan fingerprint density at radius 1 is 1.40 bits per heavy atom. The van der Waals surface area contributed by atoms with E-state index in [2.05, 4.69) is 4.90 Å². The Labute approximate surface area is 121 Å². The molecule has 0 spiro atoms. The van der Waals surface area contributed by atoms with Gasteiger partial charge in [-0.25, -0.2) is 0 Å². The standard InChI is InChI=1S/C15H27NO4/c1-4-20-14(19)15(2,3)13(18)11-16-9-5-7-12(16)8-6-10-17/h12,17H,4-11H2,1-3H3. The first-order valence-corrected chi connectivity index (χ1v) is 7.49. The van der Waals surface area contributed by atoms with E-state index in [1.54, 1.807) is 20.8 Å². The van der Waals surface area contributed by atoms with Gasteiger partial charge in [-0.05, 0) is 53.0 Å². The van der Waals surface area contributed by atoms with Crippen molar-refractivity contribution in [1.29, 1.82) is 0 Å². The number of nitrogens with zero attached hydrogens (tertiary/aromatic N) is 1. The molecular formula is C15H27NO4. The minimum Gasteiger partial charge on any atom is -0.465 e. The number of likely N-dealkylation sites (tertiary alicyclic amines) is 1. The number of hydrogen-bond acceptors (Lipinski definition) is 5. The number of aliphatic hydroxyl groups is 1. The van der Waals surface area contributed by atoms with Crippen molar-refractivity contribution in [1.82, 2.24) is 4.90 Å². The molecule has 5 heteroatoms. The first-order valence-electron chi connectivity index (χ1n) is 7.49. The van der Waals surface area contributed by atoms with E-state index >= 15 is 0 Å². The van der Waals surface area contributed by atoms with Gasteiger partial charge in [0.15, 0.2) is 5.78 Å². The van der Waals surface area contributed by atoms with Gasteiger partial charge in [-0.3, -0.25) is 14.5 Å². The van der Waals surface area contributed by atoms with Crippen LogP contribution in [0.15, 0.2) is 0 Å². The molecule has 0 aromatic carbocycles. The van der Waals surface area contributed by atoms with Crippen LogP contribution >= 0.6 is 0 Å². The normalized spacial score (nSPS) is 20.1. The van der Waals surface area contributed by atoms with Crippen molar-refractivity contribution in [2.45, 2.75) is 52.5 Å². The van der Waals surface area contributed by atoms with Gasteiger partial charge in [0.1, 0.15) is 5.41 Å². The lowest BCUT2D eigenvalue weighted by molar-refractivity contribution is -0.158. The van der Waals surface area contributed by atoms with Crippen LogP contribution in [0, 0.1) is 5.41 Å². The lowest BCUT2D eigenvalue weighted by atomic mass is 9.87. The molecule has 5 nitrogen and oxygen atoms in total. The van der Waals surface area contributed by atoms with Crippen LogP contribution in [0.2, 0.25) is 0 Å². The maximum Gasteiger partial charge on any atom is 0.319 e. The molecule has 20 heavy (non-hydrogen) atoms. The van der Waals surface area contributed by atoms with E-state index in [1.165, 1.54) is 0 Å². The van der Waals surface area contributed by atoms with Crippen LogP contribution < -0.4 is 0 Å². The summed E-state index contributed by atoms with van der Waals surface area (Å²) in [6.45, 7) is 6.66. The third-order valence-corrected chi connectivity index (χ3v) is 4.02. The number of esters is 1. The summed E-state index contributed by atoms with van der Waals surface area (Å²) >= 11 is 0. The molecule has 1 heterocycles. The summed E-state index contributed by atoms with van der Waals surface area (Å²) in [6, 6.07) is 0.351. The van der Waals surface area contributed by atoms with Gasteiger partial charge in [0, 0.05) is 12.6 Å². The van der Waals surface area contributed by atoms with E-state index in [0.717, 1.165) is 32.2 Å². The summed E-state index contributed by atoms with van der Waals surface area (Å²) in [6.07, 6.45) is 3.80. The molecule has 0 aliphatic carbocycles. The Balaban J connectivity index is 2.57. The molecular weight excluding hydrogens is 258 g/mol. The van der Waals surface area contributed by atoms with Crippen molar-refractivity contribution in [3.63, 3.8) is 0 Å². The third-order valence-electron chi connectivity index (χ3n) is 4.02. The summed E-state index contributed by atoms with van der Waals surface area (Å²) in [5.74, 6) is -0.539. The van der Waals surface area contributed by atoms with E-state index in [1.807, 2.05) is 0 Å². The second-order valence-electron chi connectivity index (χ2n) is 5.90. The fourth-order valence-electron chi connectivity index (χ4n) is 2.56. The van der Waals surface area contributed by atoms with Gasteiger partial charge in [0.05, 0.1) is 13.2 Å². The van der Waals surface area contributed by atoms with Crippen LogP contribution in [0.1, 0.15) is 46.5 Å². The number of hydrogen-bond donors (Lipinski definition) is 1. The number of carbonyl (C=O) groups excluding carboxylic acids is 2. The van der Waals surface area contributed by atoms with Crippen molar-refractivity contribution in [3.8, 4) is 0 Å². The monoisotopic (exact) mass is 285 g/mol. The second kappa shape index (κ2) is 7.74. The first-order chi connectivity index (χ1) is 9.43. The van der Waals surface area contributed by atoms with Crippen molar-refractivity contribution >= 4 is 11.8 Å². The number of rotatable bonds is 8. The Kier molecular flexibility index (Phi) is 6.62. The number of ether oxygens (including phenoxy) is 1. The SMILES string of the molecule is CCOC(=O)C(C)(C)C(=O)CN1CCCC1CCCO. The minimum atomic E-state index is -1.08. The van der Waals surface area contributed by atoms with E-state index < -0.39 is 11.4 Å². The average Bonchev–Trinajstić information content (AvgIpc) is 2.83.